The number of benzene rings is 1. The van der Waals surface area contributed by atoms with Gasteiger partial charge in [-0.15, -0.1) is 12.4 Å². The summed E-state index contributed by atoms with van der Waals surface area (Å²) in [5.41, 5.74) is -0.355. The van der Waals surface area contributed by atoms with Crippen LogP contribution in [0.3, 0.4) is 0 Å². The van der Waals surface area contributed by atoms with Crippen LogP contribution in [-0.4, -0.2) is 56.1 Å². The molecular formula is C18H23Cl2N3O4S. The quantitative estimate of drug-likeness (QED) is 0.748. The second kappa shape index (κ2) is 8.69. The molecule has 2 aliphatic rings. The second-order valence-corrected chi connectivity index (χ2v) is 9.36. The smallest absolute Gasteiger partial charge is 0.255 e. The first-order valence-corrected chi connectivity index (χ1v) is 10.9. The predicted molar refractivity (Wildman–Crippen MR) is 111 cm³/mol. The zero-order chi connectivity index (χ0) is 19.0. The molecule has 1 aromatic carbocycles. The number of aromatic nitrogens is 1. The Balaban J connectivity index is 0.00000225. The van der Waals surface area contributed by atoms with Crippen molar-refractivity contribution in [3.05, 3.63) is 39.8 Å². The number of rotatable bonds is 4. The number of sulfonamides is 1. The topological polar surface area (TPSA) is 91.5 Å². The van der Waals surface area contributed by atoms with Crippen LogP contribution < -0.4 is 10.9 Å². The highest BCUT2D eigenvalue weighted by Gasteiger charge is 2.35. The van der Waals surface area contributed by atoms with Gasteiger partial charge in [0.1, 0.15) is 0 Å². The molecule has 154 valence electrons. The van der Waals surface area contributed by atoms with Crippen LogP contribution in [0.25, 0.3) is 10.8 Å². The van der Waals surface area contributed by atoms with Gasteiger partial charge in [-0.05, 0) is 31.4 Å². The standard InChI is InChI=1S/C18H22ClN3O4S.ClH/c19-15-10-20-18(23)14-2-1-3-16(17(14)15)27(24,25)22-7-4-13(11-22)21-12-5-8-26-9-6-12;/h1-3,10,12-13,21H,4-9,11H2,(H,20,23);1H/t13-;/m1./s1. The number of halogens is 2. The van der Waals surface area contributed by atoms with Crippen LogP contribution in [0.1, 0.15) is 19.3 Å². The van der Waals surface area contributed by atoms with Gasteiger partial charge in [-0.25, -0.2) is 8.42 Å². The minimum Gasteiger partial charge on any atom is -0.381 e. The summed E-state index contributed by atoms with van der Waals surface area (Å²) < 4.78 is 33.4. The molecule has 28 heavy (non-hydrogen) atoms. The highest BCUT2D eigenvalue weighted by molar-refractivity contribution is 7.89. The van der Waals surface area contributed by atoms with Crippen LogP contribution >= 0.6 is 24.0 Å². The number of ether oxygens (including phenoxy) is 1. The number of nitrogens with one attached hydrogen (secondary N) is 2. The van der Waals surface area contributed by atoms with Crippen molar-refractivity contribution in [2.75, 3.05) is 26.3 Å². The van der Waals surface area contributed by atoms with E-state index in [1.807, 2.05) is 0 Å². The average Bonchev–Trinajstić information content (AvgIpc) is 3.14. The lowest BCUT2D eigenvalue weighted by Gasteiger charge is -2.26. The van der Waals surface area contributed by atoms with E-state index in [0.717, 1.165) is 32.5 Å². The van der Waals surface area contributed by atoms with Crippen molar-refractivity contribution < 1.29 is 13.2 Å². The van der Waals surface area contributed by atoms with Gasteiger partial charge in [-0.3, -0.25) is 4.79 Å². The fourth-order valence-corrected chi connectivity index (χ4v) is 5.92. The van der Waals surface area contributed by atoms with Crippen molar-refractivity contribution in [1.29, 1.82) is 0 Å². The van der Waals surface area contributed by atoms with Gasteiger partial charge >= 0.3 is 0 Å². The van der Waals surface area contributed by atoms with Crippen LogP contribution in [-0.2, 0) is 14.8 Å². The van der Waals surface area contributed by atoms with Crippen LogP contribution in [0.15, 0.2) is 34.1 Å². The van der Waals surface area contributed by atoms with Crippen LogP contribution in [0.4, 0.5) is 0 Å². The van der Waals surface area contributed by atoms with Crippen molar-refractivity contribution in [2.24, 2.45) is 0 Å². The maximum absolute atomic E-state index is 13.3. The summed E-state index contributed by atoms with van der Waals surface area (Å²) in [5, 5.41) is 4.34. The van der Waals surface area contributed by atoms with E-state index >= 15 is 0 Å². The largest absolute Gasteiger partial charge is 0.381 e. The number of nitrogens with zero attached hydrogens (tertiary/aromatic N) is 1. The molecule has 0 unspecified atom stereocenters. The molecule has 0 bridgehead atoms. The van der Waals surface area contributed by atoms with Crippen molar-refractivity contribution >= 4 is 44.8 Å². The van der Waals surface area contributed by atoms with Gasteiger partial charge in [0.25, 0.3) is 5.56 Å². The van der Waals surface area contributed by atoms with Gasteiger partial charge in [-0.1, -0.05) is 17.7 Å². The molecule has 0 amide bonds. The molecule has 0 aliphatic carbocycles. The maximum atomic E-state index is 13.3. The number of fused-ring (bicyclic) bond motifs is 1. The fourth-order valence-electron chi connectivity index (χ4n) is 3.88. The first-order chi connectivity index (χ1) is 13.0. The molecule has 0 radical (unpaired) electrons. The molecule has 3 heterocycles. The highest BCUT2D eigenvalue weighted by atomic mass is 35.5. The molecule has 2 saturated heterocycles. The van der Waals surface area contributed by atoms with E-state index in [9.17, 15) is 13.2 Å². The lowest BCUT2D eigenvalue weighted by molar-refractivity contribution is 0.0753. The van der Waals surface area contributed by atoms with Crippen molar-refractivity contribution in [1.82, 2.24) is 14.6 Å². The van der Waals surface area contributed by atoms with Gasteiger partial charge in [0, 0.05) is 55.4 Å². The molecule has 2 aliphatic heterocycles. The van der Waals surface area contributed by atoms with E-state index in [-0.39, 0.29) is 44.7 Å². The zero-order valence-electron chi connectivity index (χ0n) is 15.2. The molecule has 2 fully saturated rings. The van der Waals surface area contributed by atoms with Crippen LogP contribution in [0.2, 0.25) is 5.02 Å². The third kappa shape index (κ3) is 4.08. The van der Waals surface area contributed by atoms with E-state index < -0.39 is 10.0 Å². The van der Waals surface area contributed by atoms with Gasteiger partial charge < -0.3 is 15.0 Å². The third-order valence-corrected chi connectivity index (χ3v) is 7.51. The maximum Gasteiger partial charge on any atom is 0.255 e. The van der Waals surface area contributed by atoms with Gasteiger partial charge in [0.05, 0.1) is 9.92 Å². The zero-order valence-corrected chi connectivity index (χ0v) is 17.6. The molecule has 4 rings (SSSR count). The van der Waals surface area contributed by atoms with E-state index in [1.165, 1.54) is 16.6 Å². The van der Waals surface area contributed by atoms with Crippen molar-refractivity contribution in [3.63, 3.8) is 0 Å². The molecule has 1 aromatic heterocycles. The van der Waals surface area contributed by atoms with E-state index in [0.29, 0.717) is 19.1 Å². The molecular weight excluding hydrogens is 425 g/mol. The molecule has 0 spiro atoms. The van der Waals surface area contributed by atoms with Crippen molar-refractivity contribution in [3.8, 4) is 0 Å². The Morgan fingerprint density at radius 2 is 1.93 bits per heavy atom. The van der Waals surface area contributed by atoms with Crippen LogP contribution in [0.5, 0.6) is 0 Å². The summed E-state index contributed by atoms with van der Waals surface area (Å²) in [5.74, 6) is 0. The van der Waals surface area contributed by atoms with Gasteiger partial charge in [0.15, 0.2) is 0 Å². The highest BCUT2D eigenvalue weighted by Crippen LogP contribution is 2.31. The predicted octanol–water partition coefficient (Wildman–Crippen LogP) is 2.13. The minimum atomic E-state index is -3.75. The second-order valence-electron chi connectivity index (χ2n) is 7.05. The number of hydrogen-bond donors (Lipinski definition) is 2. The number of H-pyrrole nitrogens is 1. The lowest BCUT2D eigenvalue weighted by atomic mass is 10.1. The Morgan fingerprint density at radius 3 is 2.68 bits per heavy atom. The Bertz CT molecular complexity index is 1010. The summed E-state index contributed by atoms with van der Waals surface area (Å²) >= 11 is 6.23. The SMILES string of the molecule is Cl.O=c1[nH]cc(Cl)c2c(S(=O)(=O)N3CC[C@@H](NC4CCOCC4)C3)cccc12. The Morgan fingerprint density at radius 1 is 1.18 bits per heavy atom. The summed E-state index contributed by atoms with van der Waals surface area (Å²) in [6.07, 6.45) is 4.00. The summed E-state index contributed by atoms with van der Waals surface area (Å²) in [7, 11) is -3.75. The normalized spacial score (nSPS) is 21.7. The first kappa shape index (κ1) is 21.5. The summed E-state index contributed by atoms with van der Waals surface area (Å²) in [6.45, 7) is 2.35. The first-order valence-electron chi connectivity index (χ1n) is 9.10. The number of aromatic amines is 1. The monoisotopic (exact) mass is 447 g/mol. The van der Waals surface area contributed by atoms with Crippen molar-refractivity contribution in [2.45, 2.75) is 36.2 Å². The molecule has 10 heteroatoms. The van der Waals surface area contributed by atoms with Gasteiger partial charge in [0.2, 0.25) is 10.0 Å². The van der Waals surface area contributed by atoms with Gasteiger partial charge in [-0.2, -0.15) is 4.31 Å². The van der Waals surface area contributed by atoms with Crippen LogP contribution in [0, 0.1) is 0 Å². The fraction of sp³-hybridized carbons (Fsp3) is 0.500. The summed E-state index contributed by atoms with van der Waals surface area (Å²) in [4.78, 5) is 14.7. The Labute approximate surface area is 174 Å². The number of pyridine rings is 1. The lowest BCUT2D eigenvalue weighted by Crippen LogP contribution is -2.43. The van der Waals surface area contributed by atoms with E-state index in [2.05, 4.69) is 10.3 Å². The molecule has 2 N–H and O–H groups in total. The third-order valence-electron chi connectivity index (χ3n) is 5.30. The van der Waals surface area contributed by atoms with E-state index in [1.54, 1.807) is 12.1 Å². The Kier molecular flexibility index (Phi) is 6.69. The molecule has 1 atom stereocenters. The molecule has 7 nitrogen and oxygen atoms in total. The number of hydrogen-bond acceptors (Lipinski definition) is 5. The van der Waals surface area contributed by atoms with E-state index in [4.69, 9.17) is 16.3 Å². The average molecular weight is 448 g/mol. The Hall–Kier alpha value is -1.16. The summed E-state index contributed by atoms with van der Waals surface area (Å²) in [6, 6.07) is 5.17. The molecule has 2 aromatic rings. The minimum absolute atomic E-state index is 0. The molecule has 0 saturated carbocycles.